The molecule has 0 saturated carbocycles. The number of rotatable bonds is 9. The molecule has 0 aromatic carbocycles. The summed E-state index contributed by atoms with van der Waals surface area (Å²) < 4.78 is 45.0. The maximum absolute atomic E-state index is 11.6. The first-order valence-electron chi connectivity index (χ1n) is 6.06. The van der Waals surface area contributed by atoms with Crippen molar-refractivity contribution in [2.24, 2.45) is 11.1 Å². The highest BCUT2D eigenvalue weighted by molar-refractivity contribution is 7.94. The third kappa shape index (κ3) is 9.85. The second-order valence-electron chi connectivity index (χ2n) is 5.61. The summed E-state index contributed by atoms with van der Waals surface area (Å²) in [5.41, 5.74) is 5.62. The van der Waals surface area contributed by atoms with Crippen molar-refractivity contribution in [1.29, 1.82) is 0 Å². The molecule has 7 heteroatoms. The summed E-state index contributed by atoms with van der Waals surface area (Å²) in [6, 6.07) is 0. The summed E-state index contributed by atoms with van der Waals surface area (Å²) >= 11 is 0. The smallest absolute Gasteiger partial charge is 0.151 e. The van der Waals surface area contributed by atoms with Gasteiger partial charge in [0.15, 0.2) is 9.84 Å². The van der Waals surface area contributed by atoms with Crippen LogP contribution in [0.5, 0.6) is 0 Å². The lowest BCUT2D eigenvalue weighted by Crippen LogP contribution is -2.24. The van der Waals surface area contributed by atoms with E-state index in [9.17, 15) is 16.8 Å². The standard InChI is InChI=1S/C11H25NO4S2/c1-11(2,10-12)6-4-5-7-18(15,16)9-8-17(3,13)14/h4-10,12H2,1-3H3. The fraction of sp³-hybridized carbons (Fsp3) is 1.00. The fourth-order valence-corrected chi connectivity index (χ4v) is 4.48. The van der Waals surface area contributed by atoms with Gasteiger partial charge in [-0.2, -0.15) is 0 Å². The monoisotopic (exact) mass is 299 g/mol. The maximum atomic E-state index is 11.6. The molecule has 0 rings (SSSR count). The van der Waals surface area contributed by atoms with Gasteiger partial charge in [0.1, 0.15) is 9.84 Å². The van der Waals surface area contributed by atoms with Crippen LogP contribution in [0.25, 0.3) is 0 Å². The Kier molecular flexibility index (Phi) is 6.81. The van der Waals surface area contributed by atoms with Crippen molar-refractivity contribution < 1.29 is 16.8 Å². The van der Waals surface area contributed by atoms with E-state index in [-0.39, 0.29) is 22.7 Å². The molecule has 0 atom stereocenters. The molecule has 0 aliphatic carbocycles. The molecule has 0 aliphatic heterocycles. The van der Waals surface area contributed by atoms with E-state index in [0.29, 0.717) is 13.0 Å². The summed E-state index contributed by atoms with van der Waals surface area (Å²) in [6.45, 7) is 4.67. The molecule has 0 aliphatic rings. The summed E-state index contributed by atoms with van der Waals surface area (Å²) in [5.74, 6) is -0.501. The second-order valence-corrected chi connectivity index (χ2v) is 10.2. The Hall–Kier alpha value is -0.140. The minimum atomic E-state index is -3.25. The normalized spacial score (nSPS) is 13.8. The van der Waals surface area contributed by atoms with E-state index in [1.165, 1.54) is 0 Å². The van der Waals surface area contributed by atoms with Gasteiger partial charge in [-0.1, -0.05) is 20.3 Å². The van der Waals surface area contributed by atoms with Crippen LogP contribution in [0.1, 0.15) is 33.1 Å². The average Bonchev–Trinajstić information content (AvgIpc) is 2.21. The molecule has 0 amide bonds. The Bertz CT molecular complexity index is 438. The Morgan fingerprint density at radius 1 is 0.944 bits per heavy atom. The largest absolute Gasteiger partial charge is 0.330 e. The lowest BCUT2D eigenvalue weighted by Gasteiger charge is -2.21. The minimum Gasteiger partial charge on any atom is -0.330 e. The Labute approximate surface area is 111 Å². The summed E-state index contributed by atoms with van der Waals surface area (Å²) in [7, 11) is -6.46. The van der Waals surface area contributed by atoms with Gasteiger partial charge < -0.3 is 5.73 Å². The molecule has 0 bridgehead atoms. The van der Waals surface area contributed by atoms with E-state index in [1.807, 2.05) is 13.8 Å². The molecular weight excluding hydrogens is 274 g/mol. The van der Waals surface area contributed by atoms with E-state index in [0.717, 1.165) is 19.1 Å². The first-order chi connectivity index (χ1) is 7.97. The van der Waals surface area contributed by atoms with Gasteiger partial charge in [0.25, 0.3) is 0 Å². The van der Waals surface area contributed by atoms with Crippen LogP contribution in [0.3, 0.4) is 0 Å². The van der Waals surface area contributed by atoms with E-state index in [1.54, 1.807) is 0 Å². The predicted octanol–water partition coefficient (Wildman–Crippen LogP) is 0.601. The molecule has 0 spiro atoms. The number of nitrogens with two attached hydrogens (primary N) is 1. The molecule has 0 heterocycles. The summed E-state index contributed by atoms with van der Waals surface area (Å²) in [4.78, 5) is 0. The van der Waals surface area contributed by atoms with E-state index in [4.69, 9.17) is 5.73 Å². The molecule has 0 saturated heterocycles. The topological polar surface area (TPSA) is 94.3 Å². The van der Waals surface area contributed by atoms with Gasteiger partial charge in [0, 0.05) is 6.26 Å². The predicted molar refractivity (Wildman–Crippen MR) is 75.1 cm³/mol. The van der Waals surface area contributed by atoms with E-state index < -0.39 is 19.7 Å². The lowest BCUT2D eigenvalue weighted by molar-refractivity contribution is 0.335. The molecule has 110 valence electrons. The van der Waals surface area contributed by atoms with Crippen LogP contribution in [0.4, 0.5) is 0 Å². The van der Waals surface area contributed by atoms with Crippen LogP contribution in [0, 0.1) is 5.41 Å². The van der Waals surface area contributed by atoms with Crippen molar-refractivity contribution in [2.75, 3.05) is 30.1 Å². The van der Waals surface area contributed by atoms with Gasteiger partial charge >= 0.3 is 0 Å². The summed E-state index contributed by atoms with van der Waals surface area (Å²) in [5, 5.41) is 0. The Balaban J connectivity index is 3.99. The van der Waals surface area contributed by atoms with Crippen molar-refractivity contribution in [3.8, 4) is 0 Å². The number of hydrogen-bond acceptors (Lipinski definition) is 5. The lowest BCUT2D eigenvalue weighted by atomic mass is 9.88. The van der Waals surface area contributed by atoms with Gasteiger partial charge in [0.2, 0.25) is 0 Å². The first-order valence-corrected chi connectivity index (χ1v) is 9.94. The third-order valence-corrected chi connectivity index (χ3v) is 5.82. The van der Waals surface area contributed by atoms with Crippen LogP contribution in [0.15, 0.2) is 0 Å². The van der Waals surface area contributed by atoms with E-state index >= 15 is 0 Å². The van der Waals surface area contributed by atoms with Crippen molar-refractivity contribution in [1.82, 2.24) is 0 Å². The first kappa shape index (κ1) is 17.9. The van der Waals surface area contributed by atoms with Crippen LogP contribution in [0.2, 0.25) is 0 Å². The van der Waals surface area contributed by atoms with Gasteiger partial charge in [-0.3, -0.25) is 0 Å². The molecule has 0 aromatic heterocycles. The highest BCUT2D eigenvalue weighted by Crippen LogP contribution is 2.21. The molecule has 0 aromatic rings. The zero-order chi connectivity index (χ0) is 14.4. The van der Waals surface area contributed by atoms with Gasteiger partial charge in [-0.15, -0.1) is 0 Å². The van der Waals surface area contributed by atoms with Crippen LogP contribution in [-0.2, 0) is 19.7 Å². The average molecular weight is 299 g/mol. The van der Waals surface area contributed by atoms with Gasteiger partial charge in [-0.25, -0.2) is 16.8 Å². The molecule has 0 fully saturated rings. The van der Waals surface area contributed by atoms with Crippen molar-refractivity contribution in [3.63, 3.8) is 0 Å². The van der Waals surface area contributed by atoms with Crippen LogP contribution >= 0.6 is 0 Å². The van der Waals surface area contributed by atoms with Gasteiger partial charge in [-0.05, 0) is 24.8 Å². The van der Waals surface area contributed by atoms with Crippen molar-refractivity contribution >= 4 is 19.7 Å². The third-order valence-electron chi connectivity index (χ3n) is 2.88. The number of hydrogen-bond donors (Lipinski definition) is 1. The fourth-order valence-electron chi connectivity index (χ4n) is 1.41. The quantitative estimate of drug-likeness (QED) is 0.629. The Morgan fingerprint density at radius 3 is 1.94 bits per heavy atom. The van der Waals surface area contributed by atoms with Crippen LogP contribution < -0.4 is 5.73 Å². The zero-order valence-electron chi connectivity index (χ0n) is 11.5. The maximum Gasteiger partial charge on any atom is 0.151 e. The molecule has 2 N–H and O–H groups in total. The zero-order valence-corrected chi connectivity index (χ0v) is 13.1. The van der Waals surface area contributed by atoms with Crippen molar-refractivity contribution in [2.45, 2.75) is 33.1 Å². The number of sulfone groups is 2. The molecule has 0 unspecified atom stereocenters. The highest BCUT2D eigenvalue weighted by Gasteiger charge is 2.17. The molecule has 18 heavy (non-hydrogen) atoms. The highest BCUT2D eigenvalue weighted by atomic mass is 32.2. The molecule has 5 nitrogen and oxygen atoms in total. The molecular formula is C11H25NO4S2. The van der Waals surface area contributed by atoms with Crippen molar-refractivity contribution in [3.05, 3.63) is 0 Å². The Morgan fingerprint density at radius 2 is 1.50 bits per heavy atom. The second kappa shape index (κ2) is 6.86. The SMILES string of the molecule is CC(C)(CN)CCCCS(=O)(=O)CCS(C)(=O)=O. The summed E-state index contributed by atoms with van der Waals surface area (Å²) in [6.07, 6.45) is 3.29. The molecule has 0 radical (unpaired) electrons. The van der Waals surface area contributed by atoms with E-state index in [2.05, 4.69) is 0 Å². The van der Waals surface area contributed by atoms with Crippen LogP contribution in [-0.4, -0.2) is 46.9 Å². The number of unbranched alkanes of at least 4 members (excludes halogenated alkanes) is 1. The minimum absolute atomic E-state index is 0.0382. The van der Waals surface area contributed by atoms with Gasteiger partial charge in [0.05, 0.1) is 17.3 Å².